The zero-order valence-electron chi connectivity index (χ0n) is 16.2. The van der Waals surface area contributed by atoms with Crippen molar-refractivity contribution in [3.8, 4) is 0 Å². The van der Waals surface area contributed by atoms with Gasteiger partial charge in [0.25, 0.3) is 0 Å². The lowest BCUT2D eigenvalue weighted by Crippen LogP contribution is -2.53. The fraction of sp³-hybridized carbons (Fsp3) is 0.400. The van der Waals surface area contributed by atoms with E-state index in [0.717, 1.165) is 17.7 Å². The van der Waals surface area contributed by atoms with Gasteiger partial charge in [0, 0.05) is 57.7 Å². The quantitative estimate of drug-likeness (QED) is 0.710. The van der Waals surface area contributed by atoms with Gasteiger partial charge in [0.2, 0.25) is 15.9 Å². The second-order valence-corrected chi connectivity index (χ2v) is 9.35. The van der Waals surface area contributed by atoms with Crippen LogP contribution in [0.1, 0.15) is 12.0 Å². The molecule has 1 unspecified atom stereocenters. The molecular formula is C20H22F2N4O3S. The summed E-state index contributed by atoms with van der Waals surface area (Å²) >= 11 is 0. The molecule has 2 aliphatic rings. The number of rotatable bonds is 5. The molecule has 1 amide bonds. The number of piperazine rings is 1. The number of halogens is 2. The fourth-order valence-electron chi connectivity index (χ4n) is 4.01. The molecule has 0 aliphatic carbocycles. The van der Waals surface area contributed by atoms with E-state index in [-0.39, 0.29) is 25.0 Å². The molecule has 10 heteroatoms. The van der Waals surface area contributed by atoms with Crippen molar-refractivity contribution in [1.29, 1.82) is 0 Å². The van der Waals surface area contributed by atoms with Gasteiger partial charge in [-0.15, -0.1) is 0 Å². The number of sulfonamides is 1. The summed E-state index contributed by atoms with van der Waals surface area (Å²) in [4.78, 5) is 20.1. The first kappa shape index (κ1) is 20.8. The standard InChI is InChI=1S/C20H22F2N4O3S/c21-16-3-4-19(17(22)12-16)30(28,29)26-10-8-24(9-11-26)18-5-7-25(20(18)27)14-15-2-1-6-23-13-15/h1-4,6,12-13,18H,5,7-11,14H2. The molecule has 0 bridgehead atoms. The highest BCUT2D eigenvalue weighted by Crippen LogP contribution is 2.24. The van der Waals surface area contributed by atoms with Crippen molar-refractivity contribution in [3.63, 3.8) is 0 Å². The van der Waals surface area contributed by atoms with E-state index in [1.807, 2.05) is 17.0 Å². The van der Waals surface area contributed by atoms with E-state index >= 15 is 0 Å². The predicted molar refractivity (Wildman–Crippen MR) is 105 cm³/mol. The van der Waals surface area contributed by atoms with Crippen molar-refractivity contribution in [2.45, 2.75) is 23.9 Å². The van der Waals surface area contributed by atoms with Crippen molar-refractivity contribution in [2.24, 2.45) is 0 Å². The number of aromatic nitrogens is 1. The lowest BCUT2D eigenvalue weighted by Gasteiger charge is -2.36. The first-order valence-electron chi connectivity index (χ1n) is 9.73. The first-order chi connectivity index (χ1) is 14.4. The molecule has 2 aromatic rings. The summed E-state index contributed by atoms with van der Waals surface area (Å²) in [5, 5.41) is 0. The predicted octanol–water partition coefficient (Wildman–Crippen LogP) is 1.47. The van der Waals surface area contributed by atoms with Crippen LogP contribution in [-0.2, 0) is 21.4 Å². The minimum absolute atomic E-state index is 0.0275. The van der Waals surface area contributed by atoms with Crippen LogP contribution in [0.3, 0.4) is 0 Å². The van der Waals surface area contributed by atoms with Crippen LogP contribution in [0.25, 0.3) is 0 Å². The molecule has 0 radical (unpaired) electrons. The molecule has 1 aromatic carbocycles. The molecule has 2 fully saturated rings. The Kier molecular flexibility index (Phi) is 5.81. The Labute approximate surface area is 174 Å². The third-order valence-electron chi connectivity index (χ3n) is 5.59. The highest BCUT2D eigenvalue weighted by atomic mass is 32.2. The molecule has 7 nitrogen and oxygen atoms in total. The number of nitrogens with zero attached hydrogens (tertiary/aromatic N) is 4. The SMILES string of the molecule is O=C1C(N2CCN(S(=O)(=O)c3ccc(F)cc3F)CC2)CCN1Cc1cccnc1. The van der Waals surface area contributed by atoms with Gasteiger partial charge in [-0.1, -0.05) is 6.07 Å². The Bertz CT molecular complexity index is 1030. The second kappa shape index (κ2) is 8.37. The summed E-state index contributed by atoms with van der Waals surface area (Å²) < 4.78 is 53.7. The van der Waals surface area contributed by atoms with Gasteiger partial charge in [0.05, 0.1) is 6.04 Å². The number of benzene rings is 1. The Hall–Kier alpha value is -2.43. The maximum Gasteiger partial charge on any atom is 0.246 e. The van der Waals surface area contributed by atoms with Gasteiger partial charge in [0.1, 0.15) is 16.5 Å². The number of hydrogen-bond donors (Lipinski definition) is 0. The van der Waals surface area contributed by atoms with Gasteiger partial charge in [-0.3, -0.25) is 14.7 Å². The van der Waals surface area contributed by atoms with Crippen LogP contribution in [-0.4, -0.2) is 72.2 Å². The number of amides is 1. The molecule has 1 aromatic heterocycles. The summed E-state index contributed by atoms with van der Waals surface area (Å²) in [6.07, 6.45) is 4.10. The largest absolute Gasteiger partial charge is 0.337 e. The zero-order chi connectivity index (χ0) is 21.3. The minimum atomic E-state index is -4.06. The van der Waals surface area contributed by atoms with Crippen LogP contribution in [0.15, 0.2) is 47.6 Å². The van der Waals surface area contributed by atoms with Crippen LogP contribution in [0, 0.1) is 11.6 Å². The van der Waals surface area contributed by atoms with Gasteiger partial charge >= 0.3 is 0 Å². The van der Waals surface area contributed by atoms with Crippen LogP contribution in [0.4, 0.5) is 8.78 Å². The summed E-state index contributed by atoms with van der Waals surface area (Å²) in [5.41, 5.74) is 0.962. The molecule has 0 N–H and O–H groups in total. The van der Waals surface area contributed by atoms with Crippen LogP contribution >= 0.6 is 0 Å². The van der Waals surface area contributed by atoms with Crippen LogP contribution in [0.2, 0.25) is 0 Å². The van der Waals surface area contributed by atoms with Crippen molar-refractivity contribution in [2.75, 3.05) is 32.7 Å². The number of carbonyl (C=O) groups is 1. The van der Waals surface area contributed by atoms with Crippen LogP contribution in [0.5, 0.6) is 0 Å². The Balaban J connectivity index is 1.38. The van der Waals surface area contributed by atoms with Gasteiger partial charge in [0.15, 0.2) is 0 Å². The molecule has 30 heavy (non-hydrogen) atoms. The van der Waals surface area contributed by atoms with E-state index in [4.69, 9.17) is 0 Å². The van der Waals surface area contributed by atoms with E-state index in [0.29, 0.717) is 38.7 Å². The van der Waals surface area contributed by atoms with Gasteiger partial charge < -0.3 is 4.90 Å². The summed E-state index contributed by atoms with van der Waals surface area (Å²) in [5.74, 6) is -1.90. The number of carbonyl (C=O) groups excluding carboxylic acids is 1. The molecule has 2 saturated heterocycles. The van der Waals surface area contributed by atoms with E-state index in [1.54, 1.807) is 17.3 Å². The average Bonchev–Trinajstić information content (AvgIpc) is 3.09. The van der Waals surface area contributed by atoms with Crippen molar-refractivity contribution >= 4 is 15.9 Å². The topological polar surface area (TPSA) is 73.8 Å². The average molecular weight is 436 g/mol. The van der Waals surface area contributed by atoms with Gasteiger partial charge in [-0.05, 0) is 30.2 Å². The molecular weight excluding hydrogens is 414 g/mol. The lowest BCUT2D eigenvalue weighted by molar-refractivity contribution is -0.133. The molecule has 0 spiro atoms. The second-order valence-electron chi connectivity index (χ2n) is 7.44. The zero-order valence-corrected chi connectivity index (χ0v) is 17.1. The van der Waals surface area contributed by atoms with Crippen molar-refractivity contribution < 1.29 is 22.0 Å². The molecule has 160 valence electrons. The van der Waals surface area contributed by atoms with E-state index < -0.39 is 26.6 Å². The molecule has 2 aliphatic heterocycles. The third kappa shape index (κ3) is 4.07. The monoisotopic (exact) mass is 436 g/mol. The number of pyridine rings is 1. The molecule has 3 heterocycles. The molecule has 1 atom stereocenters. The normalized spacial score (nSPS) is 21.3. The molecule has 4 rings (SSSR count). The van der Waals surface area contributed by atoms with Gasteiger partial charge in [-0.25, -0.2) is 17.2 Å². The number of likely N-dealkylation sites (tertiary alicyclic amines) is 1. The van der Waals surface area contributed by atoms with Crippen molar-refractivity contribution in [1.82, 2.24) is 19.1 Å². The lowest BCUT2D eigenvalue weighted by atomic mass is 10.2. The third-order valence-corrected chi connectivity index (χ3v) is 7.52. The fourth-order valence-corrected chi connectivity index (χ4v) is 5.48. The summed E-state index contributed by atoms with van der Waals surface area (Å²) in [7, 11) is -4.06. The number of hydrogen-bond acceptors (Lipinski definition) is 5. The smallest absolute Gasteiger partial charge is 0.246 e. The first-order valence-corrected chi connectivity index (χ1v) is 11.2. The van der Waals surface area contributed by atoms with Crippen molar-refractivity contribution in [3.05, 3.63) is 59.9 Å². The van der Waals surface area contributed by atoms with E-state index in [9.17, 15) is 22.0 Å². The van der Waals surface area contributed by atoms with Crippen LogP contribution < -0.4 is 0 Å². The Morgan fingerprint density at radius 2 is 1.83 bits per heavy atom. The van der Waals surface area contributed by atoms with Gasteiger partial charge in [-0.2, -0.15) is 4.31 Å². The van der Waals surface area contributed by atoms with E-state index in [1.165, 1.54) is 4.31 Å². The molecule has 0 saturated carbocycles. The summed E-state index contributed by atoms with van der Waals surface area (Å²) in [6.45, 7) is 2.18. The highest BCUT2D eigenvalue weighted by Gasteiger charge is 2.39. The minimum Gasteiger partial charge on any atom is -0.337 e. The highest BCUT2D eigenvalue weighted by molar-refractivity contribution is 7.89. The maximum absolute atomic E-state index is 14.0. The Morgan fingerprint density at radius 3 is 2.50 bits per heavy atom. The summed E-state index contributed by atoms with van der Waals surface area (Å²) in [6, 6.07) is 5.91. The van der Waals surface area contributed by atoms with E-state index in [2.05, 4.69) is 4.98 Å². The maximum atomic E-state index is 14.0. The Morgan fingerprint density at radius 1 is 1.07 bits per heavy atom.